The van der Waals surface area contributed by atoms with Gasteiger partial charge in [-0.15, -0.1) is 11.3 Å². The van der Waals surface area contributed by atoms with E-state index < -0.39 is 5.97 Å². The third-order valence-corrected chi connectivity index (χ3v) is 3.39. The predicted octanol–water partition coefficient (Wildman–Crippen LogP) is 3.56. The first-order chi connectivity index (χ1) is 9.25. The van der Waals surface area contributed by atoms with Gasteiger partial charge < -0.3 is 9.84 Å². The lowest BCUT2D eigenvalue weighted by molar-refractivity contribution is -0.131. The number of carboxylic acids is 1. The number of hydrogen-bond donors (Lipinski definition) is 1. The second-order valence-electron chi connectivity index (χ2n) is 3.94. The Kier molecular flexibility index (Phi) is 4.89. The number of aliphatic carboxylic acids is 1. The highest BCUT2D eigenvalue weighted by atomic mass is 32.1. The fraction of sp³-hybridized carbons (Fsp3) is 0.133. The summed E-state index contributed by atoms with van der Waals surface area (Å²) < 4.78 is 5.64. The van der Waals surface area contributed by atoms with Crippen molar-refractivity contribution in [1.29, 1.82) is 0 Å². The van der Waals surface area contributed by atoms with E-state index >= 15 is 0 Å². The van der Waals surface area contributed by atoms with Crippen LogP contribution in [0.5, 0.6) is 0 Å². The van der Waals surface area contributed by atoms with Crippen LogP contribution in [0.1, 0.15) is 16.0 Å². The first kappa shape index (κ1) is 13.5. The number of benzene rings is 1. The summed E-state index contributed by atoms with van der Waals surface area (Å²) in [5, 5.41) is 10.7. The monoisotopic (exact) mass is 274 g/mol. The lowest BCUT2D eigenvalue weighted by Gasteiger charge is -2.06. The summed E-state index contributed by atoms with van der Waals surface area (Å²) in [7, 11) is 0. The molecule has 1 aromatic heterocycles. The van der Waals surface area contributed by atoms with Gasteiger partial charge in [0.1, 0.15) is 0 Å². The molecule has 0 unspecified atom stereocenters. The van der Waals surface area contributed by atoms with E-state index in [0.29, 0.717) is 13.2 Å². The zero-order valence-corrected chi connectivity index (χ0v) is 11.1. The number of carbonyl (C=O) groups is 1. The van der Waals surface area contributed by atoms with Gasteiger partial charge in [-0.05, 0) is 28.6 Å². The van der Waals surface area contributed by atoms with E-state index in [4.69, 9.17) is 9.84 Å². The fourth-order valence-corrected chi connectivity index (χ4v) is 2.29. The van der Waals surface area contributed by atoms with Crippen molar-refractivity contribution >= 4 is 23.4 Å². The maximum absolute atomic E-state index is 10.5. The van der Waals surface area contributed by atoms with Gasteiger partial charge in [0.2, 0.25) is 0 Å². The lowest BCUT2D eigenvalue weighted by atomic mass is 10.1. The van der Waals surface area contributed by atoms with E-state index in [0.717, 1.165) is 17.2 Å². The van der Waals surface area contributed by atoms with Gasteiger partial charge in [0, 0.05) is 11.0 Å². The van der Waals surface area contributed by atoms with Crippen LogP contribution in [0.3, 0.4) is 0 Å². The van der Waals surface area contributed by atoms with E-state index in [9.17, 15) is 4.79 Å². The molecule has 0 radical (unpaired) electrons. The van der Waals surface area contributed by atoms with Crippen molar-refractivity contribution in [3.05, 3.63) is 63.9 Å². The summed E-state index contributed by atoms with van der Waals surface area (Å²) in [6.45, 7) is 1.05. The maximum Gasteiger partial charge on any atom is 0.328 e. The van der Waals surface area contributed by atoms with E-state index in [-0.39, 0.29) is 0 Å². The van der Waals surface area contributed by atoms with Gasteiger partial charge in [-0.2, -0.15) is 0 Å². The molecule has 0 bridgehead atoms. The van der Waals surface area contributed by atoms with Gasteiger partial charge in [0.05, 0.1) is 13.2 Å². The van der Waals surface area contributed by atoms with Gasteiger partial charge in [-0.25, -0.2) is 4.79 Å². The molecule has 3 nitrogen and oxygen atoms in total. The van der Waals surface area contributed by atoms with Crippen molar-refractivity contribution in [2.24, 2.45) is 0 Å². The molecule has 2 aromatic rings. The van der Waals surface area contributed by atoms with Gasteiger partial charge in [-0.1, -0.05) is 30.3 Å². The van der Waals surface area contributed by atoms with Crippen LogP contribution in [-0.2, 0) is 22.7 Å². The number of hydrogen-bond acceptors (Lipinski definition) is 3. The molecule has 0 amide bonds. The van der Waals surface area contributed by atoms with Crippen LogP contribution in [0.25, 0.3) is 6.08 Å². The highest BCUT2D eigenvalue weighted by Gasteiger charge is 2.00. The summed E-state index contributed by atoms with van der Waals surface area (Å²) >= 11 is 1.66. The van der Waals surface area contributed by atoms with Crippen LogP contribution in [0, 0.1) is 0 Å². The lowest BCUT2D eigenvalue weighted by Crippen LogP contribution is -1.95. The third-order valence-electron chi connectivity index (χ3n) is 2.54. The van der Waals surface area contributed by atoms with Gasteiger partial charge in [0.15, 0.2) is 0 Å². The van der Waals surface area contributed by atoms with Crippen molar-refractivity contribution in [3.8, 4) is 0 Å². The van der Waals surface area contributed by atoms with E-state index in [1.807, 2.05) is 41.8 Å². The quantitative estimate of drug-likeness (QED) is 0.819. The Morgan fingerprint density at radius 1 is 1.21 bits per heavy atom. The molecule has 1 heterocycles. The molecule has 0 aliphatic heterocycles. The second kappa shape index (κ2) is 6.87. The molecule has 1 aromatic carbocycles. The molecule has 0 atom stereocenters. The van der Waals surface area contributed by atoms with Crippen molar-refractivity contribution in [3.63, 3.8) is 0 Å². The van der Waals surface area contributed by atoms with E-state index in [2.05, 4.69) is 0 Å². The largest absolute Gasteiger partial charge is 0.478 e. The SMILES string of the molecule is O=C(O)C=Cc1ccccc1COCc1cccs1. The number of thiophene rings is 1. The Bertz CT molecular complexity index is 559. The highest BCUT2D eigenvalue weighted by Crippen LogP contribution is 2.15. The summed E-state index contributed by atoms with van der Waals surface area (Å²) in [6.07, 6.45) is 2.73. The standard InChI is InChI=1S/C15H14O3S/c16-15(17)8-7-12-4-1-2-5-13(12)10-18-11-14-6-3-9-19-14/h1-9H,10-11H2,(H,16,17). The molecule has 0 aliphatic rings. The number of rotatable bonds is 6. The Morgan fingerprint density at radius 3 is 2.79 bits per heavy atom. The van der Waals surface area contributed by atoms with Crippen molar-refractivity contribution in [2.75, 3.05) is 0 Å². The Labute approximate surface area is 115 Å². The molecule has 0 saturated heterocycles. The van der Waals surface area contributed by atoms with Gasteiger partial charge in [0.25, 0.3) is 0 Å². The molecular formula is C15H14O3S. The van der Waals surface area contributed by atoms with Crippen molar-refractivity contribution < 1.29 is 14.6 Å². The third kappa shape index (κ3) is 4.35. The number of carboxylic acid groups (broad SMARTS) is 1. The fourth-order valence-electron chi connectivity index (χ4n) is 1.65. The Balaban J connectivity index is 1.97. The molecule has 0 saturated carbocycles. The average molecular weight is 274 g/mol. The van der Waals surface area contributed by atoms with Crippen LogP contribution in [-0.4, -0.2) is 11.1 Å². The normalized spacial score (nSPS) is 10.9. The average Bonchev–Trinajstić information content (AvgIpc) is 2.91. The van der Waals surface area contributed by atoms with E-state index in [1.165, 1.54) is 4.88 Å². The second-order valence-corrected chi connectivity index (χ2v) is 4.97. The zero-order valence-electron chi connectivity index (χ0n) is 10.3. The minimum absolute atomic E-state index is 0.470. The smallest absolute Gasteiger partial charge is 0.328 e. The highest BCUT2D eigenvalue weighted by molar-refractivity contribution is 7.09. The molecule has 98 valence electrons. The van der Waals surface area contributed by atoms with Crippen LogP contribution >= 0.6 is 11.3 Å². The van der Waals surface area contributed by atoms with Crippen molar-refractivity contribution in [1.82, 2.24) is 0 Å². The molecule has 2 rings (SSSR count). The van der Waals surface area contributed by atoms with Crippen LogP contribution in [0.15, 0.2) is 47.9 Å². The van der Waals surface area contributed by atoms with Crippen LogP contribution in [0.2, 0.25) is 0 Å². The molecule has 0 fully saturated rings. The van der Waals surface area contributed by atoms with Crippen molar-refractivity contribution in [2.45, 2.75) is 13.2 Å². The summed E-state index contributed by atoms with van der Waals surface area (Å²) in [5.74, 6) is -0.950. The molecule has 0 spiro atoms. The molecule has 19 heavy (non-hydrogen) atoms. The molecule has 4 heteroatoms. The summed E-state index contributed by atoms with van der Waals surface area (Å²) in [6, 6.07) is 11.6. The predicted molar refractivity (Wildman–Crippen MR) is 75.9 cm³/mol. The summed E-state index contributed by atoms with van der Waals surface area (Å²) in [4.78, 5) is 11.7. The minimum Gasteiger partial charge on any atom is -0.478 e. The molecular weight excluding hydrogens is 260 g/mol. The van der Waals surface area contributed by atoms with Crippen LogP contribution in [0.4, 0.5) is 0 Å². The zero-order chi connectivity index (χ0) is 13.5. The minimum atomic E-state index is -0.950. The maximum atomic E-state index is 10.5. The van der Waals surface area contributed by atoms with Crippen LogP contribution < -0.4 is 0 Å². The first-order valence-corrected chi connectivity index (χ1v) is 6.73. The van der Waals surface area contributed by atoms with E-state index in [1.54, 1.807) is 17.4 Å². The van der Waals surface area contributed by atoms with Gasteiger partial charge >= 0.3 is 5.97 Å². The summed E-state index contributed by atoms with van der Waals surface area (Å²) in [5.41, 5.74) is 1.85. The number of ether oxygens (including phenoxy) is 1. The first-order valence-electron chi connectivity index (χ1n) is 5.85. The molecule has 0 aliphatic carbocycles. The Morgan fingerprint density at radius 2 is 2.05 bits per heavy atom. The molecule has 1 N–H and O–H groups in total. The van der Waals surface area contributed by atoms with Gasteiger partial charge in [-0.3, -0.25) is 0 Å². The Hall–Kier alpha value is -1.91. The topological polar surface area (TPSA) is 46.5 Å².